The number of nitrogens with one attached hydrogen (secondary N) is 1. The lowest BCUT2D eigenvalue weighted by Gasteiger charge is -2.14. The highest BCUT2D eigenvalue weighted by atomic mass is 19.1. The van der Waals surface area contributed by atoms with Gasteiger partial charge in [-0.25, -0.2) is 4.39 Å². The van der Waals surface area contributed by atoms with Crippen LogP contribution in [0.2, 0.25) is 0 Å². The van der Waals surface area contributed by atoms with E-state index in [1.54, 1.807) is 13.2 Å². The fraction of sp³-hybridized carbons (Fsp3) is 0.211. The summed E-state index contributed by atoms with van der Waals surface area (Å²) < 4.78 is 24.1. The van der Waals surface area contributed by atoms with Gasteiger partial charge in [0.25, 0.3) is 0 Å². The van der Waals surface area contributed by atoms with Crippen molar-refractivity contribution >= 4 is 0 Å². The predicted octanol–water partition coefficient (Wildman–Crippen LogP) is 3.32. The molecule has 130 valence electrons. The van der Waals surface area contributed by atoms with Crippen molar-refractivity contribution in [1.29, 1.82) is 0 Å². The Morgan fingerprint density at radius 3 is 2.44 bits per heavy atom. The molecule has 0 aliphatic rings. The molecule has 0 spiro atoms. The molecule has 5 nitrogen and oxygen atoms in total. The van der Waals surface area contributed by atoms with Crippen LogP contribution in [0.4, 0.5) is 4.39 Å². The van der Waals surface area contributed by atoms with Crippen molar-refractivity contribution in [1.82, 2.24) is 10.2 Å². The number of H-pyrrole nitrogens is 1. The second-order valence-corrected chi connectivity index (χ2v) is 5.62. The number of hydrogen-bond donors (Lipinski definition) is 2. The van der Waals surface area contributed by atoms with E-state index in [2.05, 4.69) is 10.2 Å². The van der Waals surface area contributed by atoms with Gasteiger partial charge in [-0.2, -0.15) is 5.10 Å². The summed E-state index contributed by atoms with van der Waals surface area (Å²) in [7, 11) is 3.07. The third kappa shape index (κ3) is 3.49. The van der Waals surface area contributed by atoms with Crippen molar-refractivity contribution in [3.63, 3.8) is 0 Å². The Morgan fingerprint density at radius 1 is 1.08 bits per heavy atom. The number of halogens is 1. The van der Waals surface area contributed by atoms with Gasteiger partial charge < -0.3 is 15.2 Å². The minimum atomic E-state index is -0.409. The van der Waals surface area contributed by atoms with E-state index >= 15 is 0 Å². The van der Waals surface area contributed by atoms with E-state index in [1.165, 1.54) is 13.2 Å². The minimum absolute atomic E-state index is 0.181. The van der Waals surface area contributed by atoms with Crippen LogP contribution >= 0.6 is 0 Å². The Kier molecular flexibility index (Phi) is 5.00. The first kappa shape index (κ1) is 17.0. The molecule has 0 aliphatic heterocycles. The monoisotopic (exact) mass is 341 g/mol. The van der Waals surface area contributed by atoms with Crippen LogP contribution in [0.1, 0.15) is 17.2 Å². The van der Waals surface area contributed by atoms with Crippen molar-refractivity contribution < 1.29 is 13.9 Å². The van der Waals surface area contributed by atoms with E-state index < -0.39 is 5.82 Å². The van der Waals surface area contributed by atoms with Crippen LogP contribution in [0.3, 0.4) is 0 Å². The standard InChI is InChI=1S/C19H20FN3O2/c1-24-14-6-3-12(4-7-14)17-10-18(23-22-17)15(11-21)13-5-8-19(25-2)16(20)9-13/h3-10,15H,11,21H2,1-2H3,(H,22,23). The summed E-state index contributed by atoms with van der Waals surface area (Å²) >= 11 is 0. The van der Waals surface area contributed by atoms with Crippen LogP contribution < -0.4 is 15.2 Å². The average molecular weight is 341 g/mol. The van der Waals surface area contributed by atoms with Gasteiger partial charge >= 0.3 is 0 Å². The Morgan fingerprint density at radius 2 is 1.84 bits per heavy atom. The van der Waals surface area contributed by atoms with E-state index in [-0.39, 0.29) is 11.7 Å². The third-order valence-electron chi connectivity index (χ3n) is 4.17. The molecule has 1 unspecified atom stereocenters. The highest BCUT2D eigenvalue weighted by molar-refractivity contribution is 5.60. The number of benzene rings is 2. The van der Waals surface area contributed by atoms with Gasteiger partial charge in [-0.1, -0.05) is 6.07 Å². The maximum absolute atomic E-state index is 14.0. The van der Waals surface area contributed by atoms with Crippen molar-refractivity contribution in [3.8, 4) is 22.8 Å². The zero-order valence-corrected chi connectivity index (χ0v) is 14.1. The van der Waals surface area contributed by atoms with Crippen LogP contribution in [-0.4, -0.2) is 31.0 Å². The van der Waals surface area contributed by atoms with E-state index in [0.717, 1.165) is 28.3 Å². The molecular formula is C19H20FN3O2. The molecule has 3 rings (SSSR count). The van der Waals surface area contributed by atoms with Gasteiger partial charge in [0, 0.05) is 23.7 Å². The molecule has 0 radical (unpaired) electrons. The van der Waals surface area contributed by atoms with E-state index in [4.69, 9.17) is 15.2 Å². The molecule has 25 heavy (non-hydrogen) atoms. The van der Waals surface area contributed by atoms with Crippen LogP contribution in [-0.2, 0) is 0 Å². The van der Waals surface area contributed by atoms with Gasteiger partial charge in [-0.3, -0.25) is 5.10 Å². The second-order valence-electron chi connectivity index (χ2n) is 5.62. The van der Waals surface area contributed by atoms with Gasteiger partial charge in [-0.05, 0) is 48.0 Å². The molecular weight excluding hydrogens is 321 g/mol. The molecule has 0 saturated carbocycles. The second kappa shape index (κ2) is 7.36. The quantitative estimate of drug-likeness (QED) is 0.721. The highest BCUT2D eigenvalue weighted by Crippen LogP contribution is 2.29. The Bertz CT molecular complexity index is 846. The Labute approximate surface area is 145 Å². The maximum Gasteiger partial charge on any atom is 0.165 e. The SMILES string of the molecule is COc1ccc(-c2cc(C(CN)c3ccc(OC)c(F)c3)[nH]n2)cc1. The van der Waals surface area contributed by atoms with Crippen LogP contribution in [0.25, 0.3) is 11.3 Å². The lowest BCUT2D eigenvalue weighted by molar-refractivity contribution is 0.386. The van der Waals surface area contributed by atoms with Gasteiger partial charge in [-0.15, -0.1) is 0 Å². The summed E-state index contributed by atoms with van der Waals surface area (Å²) in [6, 6.07) is 14.4. The molecule has 1 aromatic heterocycles. The third-order valence-corrected chi connectivity index (χ3v) is 4.17. The lowest BCUT2D eigenvalue weighted by atomic mass is 9.95. The van der Waals surface area contributed by atoms with Gasteiger partial charge in [0.2, 0.25) is 0 Å². The van der Waals surface area contributed by atoms with Crippen molar-refractivity contribution in [2.75, 3.05) is 20.8 Å². The summed E-state index contributed by atoms with van der Waals surface area (Å²) in [5, 5.41) is 7.37. The number of rotatable bonds is 6. The molecule has 6 heteroatoms. The molecule has 2 aromatic carbocycles. The minimum Gasteiger partial charge on any atom is -0.497 e. The summed E-state index contributed by atoms with van der Waals surface area (Å²) in [4.78, 5) is 0. The van der Waals surface area contributed by atoms with Crippen LogP contribution in [0.5, 0.6) is 11.5 Å². The number of ether oxygens (including phenoxy) is 2. The Balaban J connectivity index is 1.89. The number of methoxy groups -OCH3 is 2. The molecule has 1 heterocycles. The molecule has 1 atom stereocenters. The summed E-state index contributed by atoms with van der Waals surface area (Å²) in [5.74, 6) is 0.407. The van der Waals surface area contributed by atoms with E-state index in [9.17, 15) is 4.39 Å². The van der Waals surface area contributed by atoms with Gasteiger partial charge in [0.1, 0.15) is 5.75 Å². The van der Waals surface area contributed by atoms with Crippen LogP contribution in [0, 0.1) is 5.82 Å². The first-order valence-corrected chi connectivity index (χ1v) is 7.89. The maximum atomic E-state index is 14.0. The molecule has 0 amide bonds. The molecule has 0 bridgehead atoms. The molecule has 3 N–H and O–H groups in total. The lowest BCUT2D eigenvalue weighted by Crippen LogP contribution is -2.14. The average Bonchev–Trinajstić information content (AvgIpc) is 3.12. The van der Waals surface area contributed by atoms with Crippen LogP contribution in [0.15, 0.2) is 48.5 Å². The number of nitrogens with two attached hydrogens (primary N) is 1. The summed E-state index contributed by atoms with van der Waals surface area (Å²) in [5.41, 5.74) is 9.28. The zero-order chi connectivity index (χ0) is 17.8. The smallest absolute Gasteiger partial charge is 0.165 e. The van der Waals surface area contributed by atoms with Gasteiger partial charge in [0.15, 0.2) is 11.6 Å². The van der Waals surface area contributed by atoms with E-state index in [1.807, 2.05) is 36.4 Å². The molecule has 0 aliphatic carbocycles. The Hall–Kier alpha value is -2.86. The predicted molar refractivity (Wildman–Crippen MR) is 94.4 cm³/mol. The zero-order valence-electron chi connectivity index (χ0n) is 14.1. The molecule has 3 aromatic rings. The van der Waals surface area contributed by atoms with E-state index in [0.29, 0.717) is 6.54 Å². The topological polar surface area (TPSA) is 73.2 Å². The summed E-state index contributed by atoms with van der Waals surface area (Å²) in [6.45, 7) is 0.329. The largest absolute Gasteiger partial charge is 0.497 e. The number of aromatic nitrogens is 2. The highest BCUT2D eigenvalue weighted by Gasteiger charge is 2.18. The summed E-state index contributed by atoms with van der Waals surface area (Å²) in [6.07, 6.45) is 0. The number of nitrogens with zero attached hydrogens (tertiary/aromatic N) is 1. The first-order valence-electron chi connectivity index (χ1n) is 7.89. The molecule has 0 fully saturated rings. The molecule has 0 saturated heterocycles. The first-order chi connectivity index (χ1) is 12.2. The van der Waals surface area contributed by atoms with Crippen molar-refractivity contribution in [3.05, 3.63) is 65.6 Å². The fourth-order valence-corrected chi connectivity index (χ4v) is 2.77. The normalized spacial score (nSPS) is 12.0. The number of aromatic amines is 1. The number of hydrogen-bond acceptors (Lipinski definition) is 4. The van der Waals surface area contributed by atoms with Crippen molar-refractivity contribution in [2.45, 2.75) is 5.92 Å². The van der Waals surface area contributed by atoms with Gasteiger partial charge in [0.05, 0.1) is 19.9 Å². The van der Waals surface area contributed by atoms with Crippen molar-refractivity contribution in [2.24, 2.45) is 5.73 Å². The fourth-order valence-electron chi connectivity index (χ4n) is 2.77.